The van der Waals surface area contributed by atoms with Gasteiger partial charge in [0.1, 0.15) is 5.82 Å². The van der Waals surface area contributed by atoms with Crippen LogP contribution in [0.15, 0.2) is 27.8 Å². The lowest BCUT2D eigenvalue weighted by Crippen LogP contribution is -2.17. The van der Waals surface area contributed by atoms with Crippen LogP contribution in [0, 0.1) is 12.7 Å². The summed E-state index contributed by atoms with van der Waals surface area (Å²) in [5.41, 5.74) is 0.782. The maximum absolute atomic E-state index is 13.1. The maximum atomic E-state index is 13.1. The molecule has 19 heavy (non-hydrogen) atoms. The molecule has 2 rings (SSSR count). The summed E-state index contributed by atoms with van der Waals surface area (Å²) in [6.07, 6.45) is 0. The highest BCUT2D eigenvalue weighted by molar-refractivity contribution is 9.10. The van der Waals surface area contributed by atoms with Crippen molar-refractivity contribution in [2.45, 2.75) is 11.9 Å². The van der Waals surface area contributed by atoms with E-state index in [9.17, 15) is 12.8 Å². The highest BCUT2D eigenvalue weighted by Crippen LogP contribution is 2.23. The molecule has 1 N–H and O–H groups in total. The van der Waals surface area contributed by atoms with Crippen LogP contribution in [0.25, 0.3) is 0 Å². The van der Waals surface area contributed by atoms with Crippen molar-refractivity contribution in [3.05, 3.63) is 34.2 Å². The van der Waals surface area contributed by atoms with Crippen molar-refractivity contribution in [2.75, 3.05) is 4.72 Å². The van der Waals surface area contributed by atoms with Gasteiger partial charge in [0, 0.05) is 7.05 Å². The summed E-state index contributed by atoms with van der Waals surface area (Å²) in [4.78, 5) is 0. The zero-order valence-corrected chi connectivity index (χ0v) is 12.5. The highest BCUT2D eigenvalue weighted by atomic mass is 79.9. The number of hydrogen-bond acceptors (Lipinski definition) is 4. The van der Waals surface area contributed by atoms with E-state index in [1.807, 2.05) is 0 Å². The number of rotatable bonds is 3. The average Bonchev–Trinajstić information content (AvgIpc) is 2.64. The minimum atomic E-state index is -3.90. The fourth-order valence-corrected chi connectivity index (χ4v) is 3.73. The first-order valence-corrected chi connectivity index (χ1v) is 7.43. The maximum Gasteiger partial charge on any atom is 0.281 e. The Kier molecular flexibility index (Phi) is 3.59. The fraction of sp³-hybridized carbons (Fsp3) is 0.200. The van der Waals surface area contributed by atoms with Gasteiger partial charge in [-0.25, -0.2) is 9.07 Å². The Bertz CT molecular complexity index is 710. The van der Waals surface area contributed by atoms with Gasteiger partial charge in [-0.3, -0.25) is 4.72 Å². The van der Waals surface area contributed by atoms with E-state index >= 15 is 0 Å². The lowest BCUT2D eigenvalue weighted by molar-refractivity contribution is 0.578. The number of aryl methyl sites for hydroxylation is 2. The van der Waals surface area contributed by atoms with Crippen LogP contribution >= 0.6 is 15.9 Å². The number of hydrogen-bond donors (Lipinski definition) is 1. The quantitative estimate of drug-likeness (QED) is 0.917. The second-order valence-corrected chi connectivity index (χ2v) is 6.22. The van der Waals surface area contributed by atoms with Crippen molar-refractivity contribution in [1.82, 2.24) is 15.0 Å². The van der Waals surface area contributed by atoms with E-state index in [4.69, 9.17) is 0 Å². The van der Waals surface area contributed by atoms with E-state index in [0.29, 0.717) is 5.56 Å². The Labute approximate surface area is 117 Å². The monoisotopic (exact) mass is 348 g/mol. The Morgan fingerprint density at radius 2 is 2.11 bits per heavy atom. The van der Waals surface area contributed by atoms with Gasteiger partial charge in [0.15, 0.2) is 4.60 Å². The molecule has 0 radical (unpaired) electrons. The number of nitrogens with zero attached hydrogens (tertiary/aromatic N) is 3. The van der Waals surface area contributed by atoms with Crippen LogP contribution < -0.4 is 4.72 Å². The Hall–Kier alpha value is -1.48. The predicted octanol–water partition coefficient (Wildman–Crippen LogP) is 1.83. The first-order valence-electron chi connectivity index (χ1n) is 5.15. The van der Waals surface area contributed by atoms with Gasteiger partial charge in [-0.15, -0.1) is 5.10 Å². The summed E-state index contributed by atoms with van der Waals surface area (Å²) in [5, 5.41) is 7.06. The summed E-state index contributed by atoms with van der Waals surface area (Å²) in [5.74, 6) is -0.523. The number of aromatic nitrogens is 3. The minimum absolute atomic E-state index is 0.0940. The average molecular weight is 349 g/mol. The summed E-state index contributed by atoms with van der Waals surface area (Å²) < 4.78 is 41.1. The highest BCUT2D eigenvalue weighted by Gasteiger charge is 2.24. The summed E-state index contributed by atoms with van der Waals surface area (Å²) in [6, 6.07) is 3.86. The Morgan fingerprint density at radius 1 is 1.42 bits per heavy atom. The molecule has 102 valence electrons. The lowest BCUT2D eigenvalue weighted by atomic mass is 10.2. The number of nitrogens with one attached hydrogen (secondary N) is 1. The predicted molar refractivity (Wildman–Crippen MR) is 70.6 cm³/mol. The smallest absolute Gasteiger partial charge is 0.278 e. The lowest BCUT2D eigenvalue weighted by Gasteiger charge is -2.10. The van der Waals surface area contributed by atoms with Crippen LogP contribution in [0.3, 0.4) is 0 Å². The third-order valence-electron chi connectivity index (χ3n) is 2.44. The summed E-state index contributed by atoms with van der Waals surface area (Å²) in [7, 11) is -2.45. The molecular formula is C10H10BrFN4O2S. The molecule has 1 aromatic heterocycles. The van der Waals surface area contributed by atoms with Crippen LogP contribution in [0.5, 0.6) is 0 Å². The SMILES string of the molecule is Cc1ccc(F)cc1NS(=O)(=O)c1c(Br)nnn1C. The number of benzene rings is 1. The van der Waals surface area contributed by atoms with E-state index in [-0.39, 0.29) is 15.3 Å². The van der Waals surface area contributed by atoms with E-state index in [0.717, 1.165) is 10.7 Å². The van der Waals surface area contributed by atoms with Crippen molar-refractivity contribution in [3.8, 4) is 0 Å². The van der Waals surface area contributed by atoms with E-state index in [2.05, 4.69) is 31.0 Å². The molecule has 0 atom stereocenters. The van der Waals surface area contributed by atoms with Crippen LogP contribution in [0.1, 0.15) is 5.56 Å². The molecule has 0 fully saturated rings. The Morgan fingerprint density at radius 3 is 2.68 bits per heavy atom. The molecule has 0 saturated heterocycles. The molecule has 0 aliphatic carbocycles. The Balaban J connectivity index is 2.45. The molecule has 6 nitrogen and oxygen atoms in total. The van der Waals surface area contributed by atoms with Gasteiger partial charge in [-0.05, 0) is 40.5 Å². The molecule has 0 spiro atoms. The van der Waals surface area contributed by atoms with Crippen LogP contribution in [-0.2, 0) is 17.1 Å². The van der Waals surface area contributed by atoms with E-state index < -0.39 is 15.8 Å². The van der Waals surface area contributed by atoms with Gasteiger partial charge >= 0.3 is 0 Å². The van der Waals surface area contributed by atoms with Crippen molar-refractivity contribution >= 4 is 31.6 Å². The molecule has 0 aliphatic heterocycles. The molecule has 0 bridgehead atoms. The molecule has 9 heteroatoms. The van der Waals surface area contributed by atoms with Crippen molar-refractivity contribution in [3.63, 3.8) is 0 Å². The third-order valence-corrected chi connectivity index (χ3v) is 4.69. The standard InChI is InChI=1S/C10H10BrFN4O2S/c1-6-3-4-7(12)5-8(6)14-19(17,18)10-9(11)13-15-16(10)2/h3-5,14H,1-2H3. The van der Waals surface area contributed by atoms with E-state index in [1.54, 1.807) is 6.92 Å². The third kappa shape index (κ3) is 2.76. The fourth-order valence-electron chi connectivity index (χ4n) is 1.51. The molecular weight excluding hydrogens is 339 g/mol. The van der Waals surface area contributed by atoms with E-state index in [1.165, 1.54) is 19.2 Å². The van der Waals surface area contributed by atoms with Gasteiger partial charge < -0.3 is 0 Å². The second-order valence-electron chi connectivity index (χ2n) is 3.87. The van der Waals surface area contributed by atoms with Crippen LogP contribution in [0.2, 0.25) is 0 Å². The van der Waals surface area contributed by atoms with Crippen molar-refractivity contribution in [1.29, 1.82) is 0 Å². The van der Waals surface area contributed by atoms with Gasteiger partial charge in [-0.1, -0.05) is 11.3 Å². The molecule has 1 heterocycles. The number of anilines is 1. The molecule has 1 aromatic carbocycles. The van der Waals surface area contributed by atoms with Crippen LogP contribution in [0.4, 0.5) is 10.1 Å². The van der Waals surface area contributed by atoms with Gasteiger partial charge in [0.05, 0.1) is 5.69 Å². The first-order chi connectivity index (χ1) is 8.81. The molecule has 0 saturated carbocycles. The minimum Gasteiger partial charge on any atom is -0.278 e. The van der Waals surface area contributed by atoms with Gasteiger partial charge in [0.2, 0.25) is 5.03 Å². The molecule has 0 amide bonds. The van der Waals surface area contributed by atoms with Crippen molar-refractivity contribution < 1.29 is 12.8 Å². The topological polar surface area (TPSA) is 76.9 Å². The largest absolute Gasteiger partial charge is 0.281 e. The van der Waals surface area contributed by atoms with Crippen LogP contribution in [-0.4, -0.2) is 23.4 Å². The summed E-state index contributed by atoms with van der Waals surface area (Å²) >= 11 is 3.01. The first kappa shape index (κ1) is 13.9. The molecule has 2 aromatic rings. The van der Waals surface area contributed by atoms with Crippen molar-refractivity contribution in [2.24, 2.45) is 7.05 Å². The zero-order valence-electron chi connectivity index (χ0n) is 10.1. The number of halogens is 2. The number of sulfonamides is 1. The second kappa shape index (κ2) is 4.89. The molecule has 0 aliphatic rings. The summed E-state index contributed by atoms with van der Waals surface area (Å²) in [6.45, 7) is 1.67. The van der Waals surface area contributed by atoms with Gasteiger partial charge in [-0.2, -0.15) is 8.42 Å². The van der Waals surface area contributed by atoms with Gasteiger partial charge in [0.25, 0.3) is 10.0 Å². The normalized spacial score (nSPS) is 11.6. The zero-order chi connectivity index (χ0) is 14.2. The molecule has 0 unspecified atom stereocenters.